The van der Waals surface area contributed by atoms with E-state index in [1.165, 1.54) is 0 Å². The van der Waals surface area contributed by atoms with E-state index in [0.29, 0.717) is 0 Å². The average Bonchev–Trinajstić information content (AvgIpc) is 1.76. The molecule has 1 radical (unpaired) electrons. The SMILES string of the molecule is C1=CSC=[N+]1.[I-]. The number of hydrogen-bond donors (Lipinski definition) is 0. The van der Waals surface area contributed by atoms with Crippen molar-refractivity contribution in [2.45, 2.75) is 0 Å². The van der Waals surface area contributed by atoms with Crippen molar-refractivity contribution < 1.29 is 24.0 Å². The minimum Gasteiger partial charge on any atom is -1.00 e. The minimum atomic E-state index is 0. The van der Waals surface area contributed by atoms with Gasteiger partial charge in [0.1, 0.15) is 0 Å². The summed E-state index contributed by atoms with van der Waals surface area (Å²) in [6.45, 7) is 0. The second-order valence-corrected chi connectivity index (χ2v) is 1.43. The molecule has 0 aliphatic carbocycles. The van der Waals surface area contributed by atoms with E-state index < -0.39 is 0 Å². The Kier molecular flexibility index (Phi) is 3.97. The molecular formula is C3H3INS. The maximum Gasteiger partial charge on any atom is 0.280 e. The first-order valence-electron chi connectivity index (χ1n) is 1.32. The number of thioether (sulfide) groups is 1. The highest BCUT2D eigenvalue weighted by Crippen LogP contribution is 1.96. The van der Waals surface area contributed by atoms with Crippen LogP contribution in [0.15, 0.2) is 11.6 Å². The number of nitrogens with zero attached hydrogens (tertiary/aromatic N) is 1. The highest BCUT2D eigenvalue weighted by atomic mass is 127. The van der Waals surface area contributed by atoms with E-state index in [0.717, 1.165) is 0 Å². The van der Waals surface area contributed by atoms with E-state index in [1.54, 1.807) is 23.5 Å². The lowest BCUT2D eigenvalue weighted by molar-refractivity contribution is -0.000000945. The predicted octanol–water partition coefficient (Wildman–Crippen LogP) is -2.43. The molecule has 1 heterocycles. The topological polar surface area (TPSA) is 14.1 Å². The lowest BCUT2D eigenvalue weighted by Crippen LogP contribution is -3.00. The van der Waals surface area contributed by atoms with Gasteiger partial charge in [0.15, 0.2) is 0 Å². The predicted molar refractivity (Wildman–Crippen MR) is 24.9 cm³/mol. The van der Waals surface area contributed by atoms with Gasteiger partial charge < -0.3 is 24.0 Å². The minimum absolute atomic E-state index is 0. The largest absolute Gasteiger partial charge is 1.00 e. The Balaban J connectivity index is 0.000000250. The Morgan fingerprint density at radius 3 is 2.50 bits per heavy atom. The molecule has 0 atom stereocenters. The highest BCUT2D eigenvalue weighted by molar-refractivity contribution is 8.14. The van der Waals surface area contributed by atoms with Crippen LogP contribution in [-0.2, 0) is 0 Å². The summed E-state index contributed by atoms with van der Waals surface area (Å²) in [7, 11) is 0. The second kappa shape index (κ2) is 3.67. The van der Waals surface area contributed by atoms with Crippen LogP contribution >= 0.6 is 11.8 Å². The van der Waals surface area contributed by atoms with Crippen LogP contribution in [0, 0.1) is 0 Å². The average molecular weight is 212 g/mol. The molecule has 0 saturated carbocycles. The first kappa shape index (κ1) is 6.49. The van der Waals surface area contributed by atoms with Crippen LogP contribution in [0.25, 0.3) is 0 Å². The molecule has 6 heavy (non-hydrogen) atoms. The van der Waals surface area contributed by atoms with Crippen molar-refractivity contribution in [2.24, 2.45) is 0 Å². The zero-order valence-corrected chi connectivity index (χ0v) is 5.94. The Bertz CT molecular complexity index is 68.9. The van der Waals surface area contributed by atoms with Crippen molar-refractivity contribution in [3.63, 3.8) is 0 Å². The van der Waals surface area contributed by atoms with Crippen LogP contribution in [0.3, 0.4) is 0 Å². The van der Waals surface area contributed by atoms with Crippen molar-refractivity contribution in [1.82, 2.24) is 4.99 Å². The number of halogens is 1. The van der Waals surface area contributed by atoms with E-state index in [9.17, 15) is 0 Å². The maximum absolute atomic E-state index is 3.74. The van der Waals surface area contributed by atoms with Gasteiger partial charge in [-0.15, -0.1) is 0 Å². The smallest absolute Gasteiger partial charge is 0.280 e. The highest BCUT2D eigenvalue weighted by Gasteiger charge is 1.90. The van der Waals surface area contributed by atoms with E-state index in [-0.39, 0.29) is 24.0 Å². The molecule has 33 valence electrons. The summed E-state index contributed by atoms with van der Waals surface area (Å²) < 4.78 is 0. The Morgan fingerprint density at radius 2 is 2.33 bits per heavy atom. The third-order valence-electron chi connectivity index (χ3n) is 0.347. The number of rotatable bonds is 0. The van der Waals surface area contributed by atoms with Gasteiger partial charge >= 0.3 is 0 Å². The van der Waals surface area contributed by atoms with E-state index in [4.69, 9.17) is 0 Å². The van der Waals surface area contributed by atoms with Gasteiger partial charge in [0.2, 0.25) is 6.20 Å². The monoisotopic (exact) mass is 212 g/mol. The van der Waals surface area contributed by atoms with Crippen LogP contribution in [0.4, 0.5) is 0 Å². The van der Waals surface area contributed by atoms with Gasteiger partial charge in [0, 0.05) is 0 Å². The Hall–Kier alpha value is 0.490. The molecule has 0 unspecified atom stereocenters. The van der Waals surface area contributed by atoms with E-state index >= 15 is 0 Å². The van der Waals surface area contributed by atoms with E-state index in [1.807, 2.05) is 5.41 Å². The van der Waals surface area contributed by atoms with Crippen LogP contribution in [0.5, 0.6) is 0 Å². The quantitative estimate of drug-likeness (QED) is 0.407. The fourth-order valence-corrected chi connectivity index (χ4v) is 0.527. The molecule has 0 aromatic rings. The second-order valence-electron chi connectivity index (χ2n) is 0.676. The maximum atomic E-state index is 3.74. The molecule has 0 bridgehead atoms. The molecule has 0 fully saturated rings. The van der Waals surface area contributed by atoms with Crippen molar-refractivity contribution in [1.29, 1.82) is 0 Å². The zero-order valence-electron chi connectivity index (χ0n) is 2.97. The lowest BCUT2D eigenvalue weighted by atomic mass is 11.1. The first-order valence-corrected chi connectivity index (χ1v) is 2.26. The Labute approximate surface area is 57.9 Å². The zero-order chi connectivity index (χ0) is 3.54. The van der Waals surface area contributed by atoms with Gasteiger partial charge in [0.25, 0.3) is 5.55 Å². The summed E-state index contributed by atoms with van der Waals surface area (Å²) in [5.41, 5.74) is 1.79. The van der Waals surface area contributed by atoms with Gasteiger partial charge in [-0.3, -0.25) is 0 Å². The fraction of sp³-hybridized carbons (Fsp3) is 0. The van der Waals surface area contributed by atoms with Gasteiger partial charge in [-0.25, -0.2) is 0 Å². The standard InChI is InChI=1S/C3H3NS.HI/c1-2-5-3-4-1;/h1-3H;1H/q+1;/p-1. The molecule has 0 amide bonds. The molecule has 1 rings (SSSR count). The summed E-state index contributed by atoms with van der Waals surface area (Å²) in [4.78, 5) is 3.74. The van der Waals surface area contributed by atoms with Crippen LogP contribution in [0.2, 0.25) is 0 Å². The molecule has 0 aromatic carbocycles. The van der Waals surface area contributed by atoms with Crippen LogP contribution < -0.4 is 29.0 Å². The lowest BCUT2D eigenvalue weighted by Gasteiger charge is -1.44. The van der Waals surface area contributed by atoms with E-state index in [2.05, 4.69) is 4.99 Å². The summed E-state index contributed by atoms with van der Waals surface area (Å²) in [5.74, 6) is 0. The van der Waals surface area contributed by atoms with Crippen molar-refractivity contribution in [3.8, 4) is 0 Å². The molecule has 1 nitrogen and oxygen atoms in total. The van der Waals surface area contributed by atoms with Gasteiger partial charge in [-0.1, -0.05) is 0 Å². The van der Waals surface area contributed by atoms with Crippen molar-refractivity contribution >= 4 is 17.3 Å². The summed E-state index contributed by atoms with van der Waals surface area (Å²) in [6, 6.07) is 0. The summed E-state index contributed by atoms with van der Waals surface area (Å²) in [6.07, 6.45) is 1.77. The molecule has 0 spiro atoms. The molecule has 1 aliphatic rings. The summed E-state index contributed by atoms with van der Waals surface area (Å²) >= 11 is 1.60. The third kappa shape index (κ3) is 1.81. The first-order chi connectivity index (χ1) is 2.50. The molecule has 1 aliphatic heterocycles. The van der Waals surface area contributed by atoms with Gasteiger partial charge in [-0.2, -0.15) is 0 Å². The van der Waals surface area contributed by atoms with Gasteiger partial charge in [-0.05, 0) is 11.8 Å². The molecular weight excluding hydrogens is 209 g/mol. The van der Waals surface area contributed by atoms with Crippen molar-refractivity contribution in [2.75, 3.05) is 0 Å². The van der Waals surface area contributed by atoms with Crippen molar-refractivity contribution in [3.05, 3.63) is 11.6 Å². The summed E-state index contributed by atoms with van der Waals surface area (Å²) in [5, 5.41) is 1.93. The molecule has 0 aromatic heterocycles. The number of aliphatic imine (C=N–C) groups is 1. The normalized spacial score (nSPS) is 14.7. The van der Waals surface area contributed by atoms with Crippen LogP contribution in [-0.4, -0.2) is 5.55 Å². The van der Waals surface area contributed by atoms with Gasteiger partial charge in [0.05, 0.1) is 10.4 Å². The Morgan fingerprint density at radius 1 is 1.50 bits per heavy atom. The molecule has 0 saturated heterocycles. The van der Waals surface area contributed by atoms with Crippen LogP contribution in [0.1, 0.15) is 0 Å². The third-order valence-corrected chi connectivity index (χ3v) is 0.869. The number of hydrogen-bond acceptors (Lipinski definition) is 2. The fourth-order valence-electron chi connectivity index (χ4n) is 0.176. The molecule has 3 heteroatoms. The molecule has 0 N–H and O–H groups in total.